The number of carbonyl (C=O) groups is 1. The third-order valence-corrected chi connectivity index (χ3v) is 3.56. The van der Waals surface area contributed by atoms with E-state index in [1.54, 1.807) is 18.2 Å². The first-order valence-corrected chi connectivity index (χ1v) is 6.13. The Morgan fingerprint density at radius 1 is 1.38 bits per heavy atom. The largest absolute Gasteiger partial charge is 0.321 e. The van der Waals surface area contributed by atoms with Gasteiger partial charge in [0.15, 0.2) is 0 Å². The summed E-state index contributed by atoms with van der Waals surface area (Å²) < 4.78 is 13.7. The average molecular weight is 300 g/mol. The van der Waals surface area contributed by atoms with Crippen molar-refractivity contribution < 1.29 is 9.18 Å². The SMILES string of the molecule is O=C(Nc1cccc(F)c1)c1cc(Br)cs1. The highest BCUT2D eigenvalue weighted by Crippen LogP contribution is 2.21. The predicted octanol–water partition coefficient (Wildman–Crippen LogP) is 3.90. The summed E-state index contributed by atoms with van der Waals surface area (Å²) in [4.78, 5) is 12.3. The minimum atomic E-state index is -0.370. The number of rotatable bonds is 2. The number of nitrogens with one attached hydrogen (secondary N) is 1. The summed E-state index contributed by atoms with van der Waals surface area (Å²) in [6.45, 7) is 0. The predicted molar refractivity (Wildman–Crippen MR) is 66.4 cm³/mol. The molecule has 0 unspecified atom stereocenters. The van der Waals surface area contributed by atoms with Gasteiger partial charge in [-0.25, -0.2) is 4.39 Å². The van der Waals surface area contributed by atoms with Crippen molar-refractivity contribution in [2.45, 2.75) is 0 Å². The second-order valence-electron chi connectivity index (χ2n) is 3.09. The summed E-state index contributed by atoms with van der Waals surface area (Å²) in [5.41, 5.74) is 0.453. The number of benzene rings is 1. The first-order valence-electron chi connectivity index (χ1n) is 4.46. The van der Waals surface area contributed by atoms with Crippen LogP contribution in [0.5, 0.6) is 0 Å². The maximum Gasteiger partial charge on any atom is 0.265 e. The minimum absolute atomic E-state index is 0.235. The molecule has 2 nitrogen and oxygen atoms in total. The molecular formula is C11H7BrFNOS. The Morgan fingerprint density at radius 2 is 2.19 bits per heavy atom. The van der Waals surface area contributed by atoms with Gasteiger partial charge < -0.3 is 5.32 Å². The van der Waals surface area contributed by atoms with E-state index in [4.69, 9.17) is 0 Å². The van der Waals surface area contributed by atoms with E-state index >= 15 is 0 Å². The van der Waals surface area contributed by atoms with E-state index in [0.29, 0.717) is 10.6 Å². The van der Waals surface area contributed by atoms with Gasteiger partial charge >= 0.3 is 0 Å². The van der Waals surface area contributed by atoms with Crippen LogP contribution in [0.1, 0.15) is 9.67 Å². The van der Waals surface area contributed by atoms with Crippen LogP contribution in [0.25, 0.3) is 0 Å². The molecule has 1 N–H and O–H groups in total. The van der Waals surface area contributed by atoms with Gasteiger partial charge in [-0.2, -0.15) is 0 Å². The number of hydrogen-bond acceptors (Lipinski definition) is 2. The summed E-state index contributed by atoms with van der Waals surface area (Å²) in [7, 11) is 0. The number of amides is 1. The van der Waals surface area contributed by atoms with Crippen molar-refractivity contribution in [1.82, 2.24) is 0 Å². The van der Waals surface area contributed by atoms with Gasteiger partial charge in [0, 0.05) is 15.5 Å². The van der Waals surface area contributed by atoms with Crippen molar-refractivity contribution in [3.05, 3.63) is 50.9 Å². The molecule has 1 aromatic heterocycles. The molecule has 5 heteroatoms. The smallest absolute Gasteiger partial charge is 0.265 e. The molecule has 0 bridgehead atoms. The maximum atomic E-state index is 12.9. The number of carbonyl (C=O) groups excluding carboxylic acids is 1. The summed E-state index contributed by atoms with van der Waals surface area (Å²) in [5, 5.41) is 4.44. The van der Waals surface area contributed by atoms with Crippen LogP contribution in [-0.2, 0) is 0 Å². The standard InChI is InChI=1S/C11H7BrFNOS/c12-7-4-10(16-6-7)11(15)14-9-3-1-2-8(13)5-9/h1-6H,(H,14,15). The second kappa shape index (κ2) is 4.76. The van der Waals surface area contributed by atoms with E-state index in [0.717, 1.165) is 4.47 Å². The molecule has 0 radical (unpaired) electrons. The summed E-state index contributed by atoms with van der Waals surface area (Å²) in [5.74, 6) is -0.605. The number of anilines is 1. The van der Waals surface area contributed by atoms with Crippen LogP contribution >= 0.6 is 27.3 Å². The number of thiophene rings is 1. The molecule has 0 fully saturated rings. The Bertz CT molecular complexity index is 526. The fourth-order valence-electron chi connectivity index (χ4n) is 1.19. The van der Waals surface area contributed by atoms with E-state index < -0.39 is 0 Å². The average Bonchev–Trinajstić information content (AvgIpc) is 2.65. The van der Waals surface area contributed by atoms with Gasteiger partial charge in [-0.05, 0) is 40.2 Å². The van der Waals surface area contributed by atoms with Crippen LogP contribution < -0.4 is 5.32 Å². The lowest BCUT2D eigenvalue weighted by Crippen LogP contribution is -2.10. The Hall–Kier alpha value is -1.20. The topological polar surface area (TPSA) is 29.1 Å². The zero-order valence-corrected chi connectivity index (χ0v) is 10.4. The maximum absolute atomic E-state index is 12.9. The highest BCUT2D eigenvalue weighted by Gasteiger charge is 2.08. The molecule has 0 spiro atoms. The lowest BCUT2D eigenvalue weighted by Gasteiger charge is -2.02. The van der Waals surface area contributed by atoms with Crippen LogP contribution in [-0.4, -0.2) is 5.91 Å². The number of hydrogen-bond donors (Lipinski definition) is 1. The van der Waals surface area contributed by atoms with Crippen LogP contribution in [0.2, 0.25) is 0 Å². The van der Waals surface area contributed by atoms with E-state index in [9.17, 15) is 9.18 Å². The third-order valence-electron chi connectivity index (χ3n) is 1.87. The molecule has 82 valence electrons. The van der Waals surface area contributed by atoms with Crippen LogP contribution in [0.15, 0.2) is 40.2 Å². The molecule has 1 aromatic carbocycles. The monoisotopic (exact) mass is 299 g/mol. The molecule has 0 atom stereocenters. The fraction of sp³-hybridized carbons (Fsp3) is 0. The summed E-state index contributed by atoms with van der Waals surface area (Å²) >= 11 is 4.60. The van der Waals surface area contributed by atoms with Gasteiger partial charge in [0.1, 0.15) is 5.82 Å². The van der Waals surface area contributed by atoms with Gasteiger partial charge in [0.25, 0.3) is 5.91 Å². The molecule has 1 amide bonds. The van der Waals surface area contributed by atoms with Gasteiger partial charge in [-0.1, -0.05) is 6.07 Å². The van der Waals surface area contributed by atoms with Crippen molar-refractivity contribution in [3.63, 3.8) is 0 Å². The molecule has 2 aromatic rings. The lowest BCUT2D eigenvalue weighted by atomic mass is 10.3. The van der Waals surface area contributed by atoms with Crippen molar-refractivity contribution >= 4 is 38.9 Å². The van der Waals surface area contributed by atoms with Gasteiger partial charge in [-0.3, -0.25) is 4.79 Å². The Labute approximate surface area is 104 Å². The quantitative estimate of drug-likeness (QED) is 0.895. The molecule has 0 saturated heterocycles. The Morgan fingerprint density at radius 3 is 2.81 bits per heavy atom. The van der Waals surface area contributed by atoms with Gasteiger partial charge in [0.05, 0.1) is 4.88 Å². The van der Waals surface area contributed by atoms with Crippen molar-refractivity contribution in [1.29, 1.82) is 0 Å². The fourth-order valence-corrected chi connectivity index (χ4v) is 2.51. The highest BCUT2D eigenvalue weighted by molar-refractivity contribution is 9.10. The molecule has 16 heavy (non-hydrogen) atoms. The van der Waals surface area contributed by atoms with Crippen LogP contribution in [0, 0.1) is 5.82 Å². The first-order chi connectivity index (χ1) is 7.65. The highest BCUT2D eigenvalue weighted by atomic mass is 79.9. The lowest BCUT2D eigenvalue weighted by molar-refractivity contribution is 0.103. The summed E-state index contributed by atoms with van der Waals surface area (Å²) in [6.07, 6.45) is 0. The minimum Gasteiger partial charge on any atom is -0.321 e. The molecule has 2 rings (SSSR count). The van der Waals surface area contributed by atoms with E-state index in [2.05, 4.69) is 21.2 Å². The zero-order valence-electron chi connectivity index (χ0n) is 8.04. The molecule has 0 aliphatic heterocycles. The van der Waals surface area contributed by atoms with Gasteiger partial charge in [-0.15, -0.1) is 11.3 Å². The Balaban J connectivity index is 2.13. The second-order valence-corrected chi connectivity index (χ2v) is 4.92. The van der Waals surface area contributed by atoms with E-state index in [1.807, 2.05) is 5.38 Å². The molecule has 0 aliphatic carbocycles. The number of halogens is 2. The molecular weight excluding hydrogens is 293 g/mol. The van der Waals surface area contributed by atoms with Crippen LogP contribution in [0.3, 0.4) is 0 Å². The zero-order chi connectivity index (χ0) is 11.5. The molecule has 0 saturated carbocycles. The summed E-state index contributed by atoms with van der Waals surface area (Å²) in [6, 6.07) is 7.52. The molecule has 0 aliphatic rings. The normalized spacial score (nSPS) is 10.1. The van der Waals surface area contributed by atoms with E-state index in [1.165, 1.54) is 23.5 Å². The first kappa shape index (κ1) is 11.3. The van der Waals surface area contributed by atoms with Crippen molar-refractivity contribution in [2.75, 3.05) is 5.32 Å². The van der Waals surface area contributed by atoms with Crippen LogP contribution in [0.4, 0.5) is 10.1 Å². The van der Waals surface area contributed by atoms with E-state index in [-0.39, 0.29) is 11.7 Å². The molecule has 1 heterocycles. The Kier molecular flexibility index (Phi) is 3.36. The van der Waals surface area contributed by atoms with Gasteiger partial charge in [0.2, 0.25) is 0 Å². The third kappa shape index (κ3) is 2.68. The van der Waals surface area contributed by atoms with Crippen molar-refractivity contribution in [3.8, 4) is 0 Å². The van der Waals surface area contributed by atoms with Crippen molar-refractivity contribution in [2.24, 2.45) is 0 Å².